The average Bonchev–Trinajstić information content (AvgIpc) is 2.61. The lowest BCUT2D eigenvalue weighted by Crippen LogP contribution is -2.12. The molecule has 27 heavy (non-hydrogen) atoms. The van der Waals surface area contributed by atoms with Gasteiger partial charge in [0.25, 0.3) is 10.4 Å². The molecule has 2 aromatic carbocycles. The Kier molecular flexibility index (Phi) is 5.17. The monoisotopic (exact) mass is 407 g/mol. The molecular weight excluding hydrogens is 396 g/mol. The molecule has 10 heteroatoms. The number of nitrogens with one attached hydrogen (secondary N) is 1. The molecule has 0 spiro atoms. The number of ether oxygens (including phenoxy) is 1. The molecule has 0 fully saturated rings. The fraction of sp³-hybridized carbons (Fsp3) is 0.0588. The molecule has 1 N–H and O–H groups in total. The Morgan fingerprint density at radius 1 is 1.04 bits per heavy atom. The Morgan fingerprint density at radius 3 is 2.33 bits per heavy atom. The van der Waals surface area contributed by atoms with Crippen molar-refractivity contribution in [3.05, 3.63) is 64.0 Å². The Hall–Kier alpha value is -2.88. The number of H-pyrrole nitrogens is 1. The van der Waals surface area contributed by atoms with Crippen LogP contribution in [0.25, 0.3) is 22.5 Å². The largest absolute Gasteiger partial charge is 0.716 e. The van der Waals surface area contributed by atoms with Crippen LogP contribution in [-0.2, 0) is 10.4 Å². The van der Waals surface area contributed by atoms with Gasteiger partial charge in [-0.05, 0) is 42.0 Å². The molecule has 140 valence electrons. The van der Waals surface area contributed by atoms with Crippen LogP contribution in [0, 0.1) is 0 Å². The van der Waals surface area contributed by atoms with Gasteiger partial charge in [0.05, 0.1) is 18.5 Å². The molecular formula is C17H12ClN2O6S-. The second kappa shape index (κ2) is 7.39. The maximum absolute atomic E-state index is 12.0. The maximum atomic E-state index is 12.0. The second-order valence-electron chi connectivity index (χ2n) is 5.35. The van der Waals surface area contributed by atoms with Gasteiger partial charge >= 0.3 is 5.69 Å². The molecule has 0 aliphatic carbocycles. The first-order valence-electron chi connectivity index (χ1n) is 7.46. The van der Waals surface area contributed by atoms with Crippen molar-refractivity contribution < 1.29 is 21.9 Å². The molecule has 0 aliphatic heterocycles. The van der Waals surface area contributed by atoms with Crippen molar-refractivity contribution in [2.24, 2.45) is 0 Å². The van der Waals surface area contributed by atoms with Gasteiger partial charge in [-0.15, -0.1) is 0 Å². The van der Waals surface area contributed by atoms with Crippen LogP contribution in [0.3, 0.4) is 0 Å². The van der Waals surface area contributed by atoms with E-state index in [-0.39, 0.29) is 11.5 Å². The number of nitrogens with zero attached hydrogens (tertiary/aromatic N) is 1. The number of hydrogen-bond donors (Lipinski definition) is 1. The van der Waals surface area contributed by atoms with E-state index in [0.29, 0.717) is 22.0 Å². The van der Waals surface area contributed by atoms with E-state index in [9.17, 15) is 17.8 Å². The zero-order valence-corrected chi connectivity index (χ0v) is 15.4. The number of rotatable bonds is 5. The van der Waals surface area contributed by atoms with Crippen molar-refractivity contribution in [3.63, 3.8) is 0 Å². The van der Waals surface area contributed by atoms with Crippen molar-refractivity contribution in [2.45, 2.75) is 0 Å². The van der Waals surface area contributed by atoms with Crippen LogP contribution in [0.15, 0.2) is 53.3 Å². The predicted molar refractivity (Wildman–Crippen MR) is 97.6 cm³/mol. The maximum Gasteiger partial charge on any atom is 0.345 e. The Morgan fingerprint density at radius 2 is 1.70 bits per heavy atom. The summed E-state index contributed by atoms with van der Waals surface area (Å²) in [6.45, 7) is 0. The van der Waals surface area contributed by atoms with Crippen molar-refractivity contribution in [1.29, 1.82) is 0 Å². The van der Waals surface area contributed by atoms with Crippen LogP contribution >= 0.6 is 11.6 Å². The van der Waals surface area contributed by atoms with Gasteiger partial charge < -0.3 is 18.5 Å². The lowest BCUT2D eigenvalue weighted by atomic mass is 10.1. The molecule has 0 bridgehead atoms. The predicted octanol–water partition coefficient (Wildman–Crippen LogP) is 2.60. The summed E-state index contributed by atoms with van der Waals surface area (Å²) in [4.78, 5) is 18.5. The molecule has 0 aliphatic rings. The van der Waals surface area contributed by atoms with Crippen LogP contribution in [0.1, 0.15) is 0 Å². The summed E-state index contributed by atoms with van der Waals surface area (Å²) in [5.41, 5.74) is 1.45. The molecule has 0 saturated heterocycles. The zero-order chi connectivity index (χ0) is 19.6. The van der Waals surface area contributed by atoms with Crippen molar-refractivity contribution in [2.75, 3.05) is 7.11 Å². The number of halogens is 1. The lowest BCUT2D eigenvalue weighted by molar-refractivity contribution is 0.351. The third kappa shape index (κ3) is 4.64. The van der Waals surface area contributed by atoms with E-state index in [1.54, 1.807) is 30.3 Å². The van der Waals surface area contributed by atoms with Crippen LogP contribution in [-0.4, -0.2) is 30.0 Å². The number of benzene rings is 2. The van der Waals surface area contributed by atoms with Crippen LogP contribution in [0.5, 0.6) is 11.5 Å². The average molecular weight is 408 g/mol. The highest BCUT2D eigenvalue weighted by Gasteiger charge is 2.12. The first kappa shape index (κ1) is 18.9. The summed E-state index contributed by atoms with van der Waals surface area (Å²) in [7, 11) is -3.67. The fourth-order valence-corrected chi connectivity index (χ4v) is 2.88. The first-order valence-corrected chi connectivity index (χ1v) is 9.17. The number of methoxy groups -OCH3 is 1. The summed E-state index contributed by atoms with van der Waals surface area (Å²) in [5.74, 6) is -0.263. The Labute approximate surface area is 159 Å². The lowest BCUT2D eigenvalue weighted by Gasteiger charge is -2.13. The van der Waals surface area contributed by atoms with Crippen molar-refractivity contribution in [1.82, 2.24) is 9.97 Å². The summed E-state index contributed by atoms with van der Waals surface area (Å²) in [5, 5.41) is 0.559. The van der Waals surface area contributed by atoms with Gasteiger partial charge in [0.15, 0.2) is 11.5 Å². The van der Waals surface area contributed by atoms with Gasteiger partial charge in [-0.2, -0.15) is 4.98 Å². The molecule has 0 unspecified atom stereocenters. The van der Waals surface area contributed by atoms with E-state index in [1.807, 2.05) is 0 Å². The van der Waals surface area contributed by atoms with Crippen molar-refractivity contribution >= 4 is 22.0 Å². The van der Waals surface area contributed by atoms with E-state index >= 15 is 0 Å². The molecule has 0 saturated carbocycles. The van der Waals surface area contributed by atoms with Gasteiger partial charge in [-0.1, -0.05) is 23.7 Å². The van der Waals surface area contributed by atoms with E-state index in [1.165, 1.54) is 25.3 Å². The van der Waals surface area contributed by atoms with Gasteiger partial charge in [0.1, 0.15) is 0 Å². The van der Waals surface area contributed by atoms with E-state index < -0.39 is 16.1 Å². The zero-order valence-electron chi connectivity index (χ0n) is 13.8. The molecule has 0 atom stereocenters. The van der Waals surface area contributed by atoms with Gasteiger partial charge in [-0.25, -0.2) is 13.2 Å². The van der Waals surface area contributed by atoms with Crippen LogP contribution in [0.4, 0.5) is 0 Å². The second-order valence-corrected chi connectivity index (χ2v) is 6.77. The smallest absolute Gasteiger partial charge is 0.345 e. The molecule has 1 aromatic heterocycles. The molecule has 0 radical (unpaired) electrons. The topological polar surface area (TPSA) is 121 Å². The molecule has 0 amide bonds. The highest BCUT2D eigenvalue weighted by atomic mass is 35.5. The normalized spacial score (nSPS) is 11.2. The highest BCUT2D eigenvalue weighted by molar-refractivity contribution is 7.81. The Balaban J connectivity index is 2.06. The number of hydrogen-bond acceptors (Lipinski definition) is 7. The summed E-state index contributed by atoms with van der Waals surface area (Å²) < 4.78 is 41.8. The quantitative estimate of drug-likeness (QED) is 0.509. The Bertz CT molecular complexity index is 1140. The van der Waals surface area contributed by atoms with E-state index in [0.717, 1.165) is 5.56 Å². The summed E-state index contributed by atoms with van der Waals surface area (Å²) in [6, 6.07) is 12.6. The standard InChI is InChI=1S/C17H13ClN2O6S/c1-25-16-8-11(4-7-15(16)26-27(22,23)24)14-9-13(19-17(21)20-14)10-2-5-12(18)6-3-10/h2-9H,1H3,(H,19,20,21)(H,22,23,24)/p-1. The van der Waals surface area contributed by atoms with E-state index in [4.69, 9.17) is 16.3 Å². The molecule has 8 nitrogen and oxygen atoms in total. The minimum atomic E-state index is -4.95. The summed E-state index contributed by atoms with van der Waals surface area (Å²) in [6.07, 6.45) is 0. The highest BCUT2D eigenvalue weighted by Crippen LogP contribution is 2.33. The van der Waals surface area contributed by atoms with Crippen molar-refractivity contribution in [3.8, 4) is 34.0 Å². The van der Waals surface area contributed by atoms with E-state index in [2.05, 4.69) is 14.2 Å². The first-order chi connectivity index (χ1) is 12.7. The van der Waals surface area contributed by atoms with Crippen LogP contribution < -0.4 is 14.6 Å². The number of aromatic nitrogens is 2. The molecule has 3 rings (SSSR count). The number of aromatic amines is 1. The van der Waals surface area contributed by atoms with Gasteiger partial charge in [0, 0.05) is 10.6 Å². The van der Waals surface area contributed by atoms with Gasteiger partial charge in [-0.3, -0.25) is 0 Å². The van der Waals surface area contributed by atoms with Gasteiger partial charge in [0.2, 0.25) is 0 Å². The molecule has 3 aromatic rings. The fourth-order valence-electron chi connectivity index (χ4n) is 2.40. The SMILES string of the molecule is COc1cc(-c2cc(-c3ccc(Cl)cc3)[nH]c(=O)n2)ccc1OS(=O)(=O)[O-]. The summed E-state index contributed by atoms with van der Waals surface area (Å²) >= 11 is 5.88. The minimum Gasteiger partial charge on any atom is -0.716 e. The third-order valence-electron chi connectivity index (χ3n) is 3.55. The third-order valence-corrected chi connectivity index (χ3v) is 4.19. The van der Waals surface area contributed by atoms with Crippen LogP contribution in [0.2, 0.25) is 5.02 Å². The minimum absolute atomic E-state index is 0.00190. The molecule has 1 heterocycles.